The highest BCUT2D eigenvalue weighted by Crippen LogP contribution is 2.00. The van der Waals surface area contributed by atoms with Gasteiger partial charge in [-0.25, -0.2) is 0 Å². The van der Waals surface area contributed by atoms with Crippen LogP contribution in [0.4, 0.5) is 0 Å². The van der Waals surface area contributed by atoms with Gasteiger partial charge in [0.1, 0.15) is 6.23 Å². The molecule has 0 aromatic rings. The van der Waals surface area contributed by atoms with Gasteiger partial charge in [-0.1, -0.05) is 0 Å². The van der Waals surface area contributed by atoms with Gasteiger partial charge in [0, 0.05) is 13.0 Å². The normalized spacial score (nSPS) is 13.1. The number of nitrogens with zero attached hydrogens (tertiary/aromatic N) is 2. The molecular weight excluding hydrogens is 293 g/mol. The zero-order valence-corrected chi connectivity index (χ0v) is 12.1. The summed E-state index contributed by atoms with van der Waals surface area (Å²) in [6, 6.07) is 0. The van der Waals surface area contributed by atoms with Crippen LogP contribution in [0.1, 0.15) is 6.42 Å². The highest BCUT2D eigenvalue weighted by molar-refractivity contribution is 4.56. The van der Waals surface area contributed by atoms with Gasteiger partial charge in [-0.3, -0.25) is 4.90 Å². The Labute approximate surface area is 105 Å². The molecule has 0 aromatic heterocycles. The van der Waals surface area contributed by atoms with E-state index >= 15 is 0 Å². The molecule has 0 heterocycles. The zero-order valence-electron chi connectivity index (χ0n) is 9.96. The Kier molecular flexibility index (Phi) is 12.3. The third-order valence-corrected chi connectivity index (χ3v) is 1.85. The predicted octanol–water partition coefficient (Wildman–Crippen LogP) is -4.00. The van der Waals surface area contributed by atoms with Gasteiger partial charge in [0.2, 0.25) is 0 Å². The van der Waals surface area contributed by atoms with Gasteiger partial charge in [-0.05, 0) is 28.2 Å². The van der Waals surface area contributed by atoms with Crippen molar-refractivity contribution in [2.24, 2.45) is 0 Å². The number of hydrogen-bond acceptors (Lipinski definition) is 3. The molecule has 0 saturated carbocycles. The Hall–Kier alpha value is 0.570. The van der Waals surface area contributed by atoms with Crippen molar-refractivity contribution >= 4 is 0 Å². The maximum Gasteiger partial charge on any atom is 0.181 e. The van der Waals surface area contributed by atoms with E-state index in [1.807, 2.05) is 12.4 Å². The SMILES string of the molecule is C[NH2+]COC(CCN(C)C)N(C)C.[I-]. The highest BCUT2D eigenvalue weighted by Gasteiger charge is 2.11. The average molecular weight is 317 g/mol. The second-order valence-electron chi connectivity index (χ2n) is 3.75. The molecule has 1 unspecified atom stereocenters. The summed E-state index contributed by atoms with van der Waals surface area (Å²) in [6.45, 7) is 1.79. The number of nitrogens with two attached hydrogens (primary N) is 1. The quantitative estimate of drug-likeness (QED) is 0.384. The van der Waals surface area contributed by atoms with Crippen LogP contribution >= 0.6 is 0 Å². The van der Waals surface area contributed by atoms with Crippen LogP contribution < -0.4 is 29.3 Å². The first-order valence-electron chi connectivity index (χ1n) is 4.78. The summed E-state index contributed by atoms with van der Waals surface area (Å²) in [6.07, 6.45) is 1.28. The fraction of sp³-hybridized carbons (Fsp3) is 1.00. The molecule has 0 aliphatic rings. The Bertz CT molecular complexity index is 123. The van der Waals surface area contributed by atoms with Crippen molar-refractivity contribution in [2.45, 2.75) is 12.6 Å². The van der Waals surface area contributed by atoms with Crippen LogP contribution in [-0.4, -0.2) is 64.5 Å². The molecule has 0 radical (unpaired) electrons. The maximum absolute atomic E-state index is 5.65. The van der Waals surface area contributed by atoms with Crippen LogP contribution in [0.15, 0.2) is 0 Å². The average Bonchev–Trinajstić information content (AvgIpc) is 2.03. The van der Waals surface area contributed by atoms with Crippen molar-refractivity contribution in [1.29, 1.82) is 0 Å². The minimum absolute atomic E-state index is 0. The van der Waals surface area contributed by atoms with Crippen molar-refractivity contribution in [3.8, 4) is 0 Å². The summed E-state index contributed by atoms with van der Waals surface area (Å²) in [5, 5.41) is 2.03. The van der Waals surface area contributed by atoms with Crippen LogP contribution in [0.25, 0.3) is 0 Å². The first kappa shape index (κ1) is 17.0. The van der Waals surface area contributed by atoms with Crippen LogP contribution in [-0.2, 0) is 4.74 Å². The van der Waals surface area contributed by atoms with Gasteiger partial charge >= 0.3 is 0 Å². The van der Waals surface area contributed by atoms with E-state index < -0.39 is 0 Å². The monoisotopic (exact) mass is 317 g/mol. The van der Waals surface area contributed by atoms with E-state index in [4.69, 9.17) is 4.74 Å². The molecular formula is C9H24IN3O. The lowest BCUT2D eigenvalue weighted by Crippen LogP contribution is -3.00. The minimum atomic E-state index is 0. The lowest BCUT2D eigenvalue weighted by atomic mass is 10.3. The smallest absolute Gasteiger partial charge is 0.181 e. The molecule has 2 N–H and O–H groups in total. The van der Waals surface area contributed by atoms with E-state index in [1.165, 1.54) is 0 Å². The highest BCUT2D eigenvalue weighted by atomic mass is 127. The van der Waals surface area contributed by atoms with Crippen molar-refractivity contribution in [3.63, 3.8) is 0 Å². The van der Waals surface area contributed by atoms with Crippen molar-refractivity contribution in [3.05, 3.63) is 0 Å². The summed E-state index contributed by atoms with van der Waals surface area (Å²) in [7, 11) is 10.3. The fourth-order valence-electron chi connectivity index (χ4n) is 1.07. The molecule has 0 aliphatic carbocycles. The molecule has 0 fully saturated rings. The third kappa shape index (κ3) is 9.14. The van der Waals surface area contributed by atoms with Crippen molar-refractivity contribution in [2.75, 3.05) is 48.5 Å². The Morgan fingerprint density at radius 2 is 1.79 bits per heavy atom. The van der Waals surface area contributed by atoms with E-state index in [1.54, 1.807) is 0 Å². The second kappa shape index (κ2) is 10.1. The number of rotatable bonds is 7. The largest absolute Gasteiger partial charge is 1.00 e. The molecule has 0 rings (SSSR count). The minimum Gasteiger partial charge on any atom is -1.00 e. The van der Waals surface area contributed by atoms with Crippen LogP contribution in [0, 0.1) is 0 Å². The molecule has 0 aliphatic heterocycles. The van der Waals surface area contributed by atoms with E-state index in [2.05, 4.69) is 38.0 Å². The van der Waals surface area contributed by atoms with Crippen molar-refractivity contribution < 1.29 is 34.0 Å². The van der Waals surface area contributed by atoms with Gasteiger partial charge in [0.05, 0.1) is 7.05 Å². The summed E-state index contributed by atoms with van der Waals surface area (Å²) in [5.41, 5.74) is 0. The summed E-state index contributed by atoms with van der Waals surface area (Å²) in [5.74, 6) is 0. The zero-order chi connectivity index (χ0) is 10.3. The summed E-state index contributed by atoms with van der Waals surface area (Å²) >= 11 is 0. The molecule has 14 heavy (non-hydrogen) atoms. The second-order valence-corrected chi connectivity index (χ2v) is 3.75. The third-order valence-electron chi connectivity index (χ3n) is 1.85. The standard InChI is InChI=1S/C9H23N3O.HI/c1-10-8-13-9(12(4)5)6-7-11(2)3;/h9-10H,6-8H2,1-5H3;1H. The molecule has 5 heteroatoms. The van der Waals surface area contributed by atoms with E-state index in [-0.39, 0.29) is 30.2 Å². The lowest BCUT2D eigenvalue weighted by Gasteiger charge is -2.24. The van der Waals surface area contributed by atoms with Crippen molar-refractivity contribution in [1.82, 2.24) is 9.80 Å². The number of halogens is 1. The molecule has 0 saturated heterocycles. The summed E-state index contributed by atoms with van der Waals surface area (Å²) in [4.78, 5) is 4.29. The number of quaternary nitrogens is 1. The molecule has 1 atom stereocenters. The lowest BCUT2D eigenvalue weighted by molar-refractivity contribution is -0.665. The first-order chi connectivity index (χ1) is 6.07. The van der Waals surface area contributed by atoms with E-state index in [9.17, 15) is 0 Å². The topological polar surface area (TPSA) is 32.3 Å². The van der Waals surface area contributed by atoms with Crippen LogP contribution in [0.3, 0.4) is 0 Å². The number of hydrogen-bond donors (Lipinski definition) is 1. The van der Waals surface area contributed by atoms with Crippen LogP contribution in [0.2, 0.25) is 0 Å². The van der Waals surface area contributed by atoms with E-state index in [0.717, 1.165) is 19.7 Å². The molecule has 0 spiro atoms. The Balaban J connectivity index is 0. The van der Waals surface area contributed by atoms with Gasteiger partial charge in [-0.15, -0.1) is 0 Å². The van der Waals surface area contributed by atoms with Crippen LogP contribution in [0.5, 0.6) is 0 Å². The molecule has 0 bridgehead atoms. The Morgan fingerprint density at radius 1 is 1.21 bits per heavy atom. The maximum atomic E-state index is 5.65. The molecule has 0 amide bonds. The summed E-state index contributed by atoms with van der Waals surface area (Å²) < 4.78 is 5.65. The van der Waals surface area contributed by atoms with Gasteiger partial charge in [-0.2, -0.15) is 0 Å². The van der Waals surface area contributed by atoms with E-state index in [0.29, 0.717) is 0 Å². The predicted molar refractivity (Wildman–Crippen MR) is 54.4 cm³/mol. The fourth-order valence-corrected chi connectivity index (χ4v) is 1.07. The first-order valence-corrected chi connectivity index (χ1v) is 4.78. The Morgan fingerprint density at radius 3 is 2.14 bits per heavy atom. The van der Waals surface area contributed by atoms with Gasteiger partial charge in [0.15, 0.2) is 6.73 Å². The molecule has 4 nitrogen and oxygen atoms in total. The van der Waals surface area contributed by atoms with Gasteiger partial charge < -0.3 is 38.9 Å². The van der Waals surface area contributed by atoms with Gasteiger partial charge in [0.25, 0.3) is 0 Å². The molecule has 88 valence electrons. The number of ether oxygens (including phenoxy) is 1. The molecule has 0 aromatic carbocycles.